The summed E-state index contributed by atoms with van der Waals surface area (Å²) in [6, 6.07) is 17.6. The molecule has 0 spiro atoms. The van der Waals surface area contributed by atoms with Crippen LogP contribution in [0.5, 0.6) is 11.5 Å². The third-order valence-electron chi connectivity index (χ3n) is 4.78. The summed E-state index contributed by atoms with van der Waals surface area (Å²) in [5.74, 6) is -0.865. The minimum atomic E-state index is -4.58. The second-order valence-corrected chi connectivity index (χ2v) is 8.29. The summed E-state index contributed by atoms with van der Waals surface area (Å²) in [6.07, 6.45) is -3.34. The summed E-state index contributed by atoms with van der Waals surface area (Å²) in [7, 11) is 1.37. The lowest BCUT2D eigenvalue weighted by atomic mass is 10.1. The highest BCUT2D eigenvalue weighted by molar-refractivity contribution is 9.10. The fourth-order valence-corrected chi connectivity index (χ4v) is 3.68. The van der Waals surface area contributed by atoms with Gasteiger partial charge in [0.25, 0.3) is 11.8 Å². The fraction of sp³-hybridized carbons (Fsp3) is 0.115. The minimum Gasteiger partial charge on any atom is -0.493 e. The number of hydrogen-bond donors (Lipinski definition) is 2. The number of halogens is 4. The summed E-state index contributed by atoms with van der Waals surface area (Å²) in [6.45, 7) is -0.318. The molecule has 0 aliphatic heterocycles. The Balaban J connectivity index is 1.75. The van der Waals surface area contributed by atoms with E-state index in [1.807, 2.05) is 6.07 Å². The molecule has 0 aliphatic rings. The van der Waals surface area contributed by atoms with Crippen molar-refractivity contribution in [3.8, 4) is 17.6 Å². The van der Waals surface area contributed by atoms with Crippen LogP contribution in [0.1, 0.15) is 11.1 Å². The third-order valence-corrected chi connectivity index (χ3v) is 5.37. The van der Waals surface area contributed by atoms with Crippen LogP contribution in [-0.2, 0) is 15.8 Å². The SMILES string of the molecule is COc1cc(/C=C(\C#N)C(=O)Nc2cccc(C(F)(F)F)c2)cc(Br)c1OCC(=O)Nc1ccccc1. The molecule has 0 aromatic heterocycles. The Morgan fingerprint density at radius 3 is 2.38 bits per heavy atom. The average Bonchev–Trinajstić information content (AvgIpc) is 2.86. The molecule has 0 heterocycles. The molecular weight excluding hydrogens is 555 g/mol. The summed E-state index contributed by atoms with van der Waals surface area (Å²) >= 11 is 3.33. The van der Waals surface area contributed by atoms with Gasteiger partial charge in [-0.3, -0.25) is 9.59 Å². The van der Waals surface area contributed by atoms with Crippen molar-refractivity contribution in [3.05, 3.63) is 87.9 Å². The van der Waals surface area contributed by atoms with Gasteiger partial charge in [0.15, 0.2) is 18.1 Å². The van der Waals surface area contributed by atoms with Crippen LogP contribution in [0.15, 0.2) is 76.8 Å². The predicted molar refractivity (Wildman–Crippen MR) is 135 cm³/mol. The lowest BCUT2D eigenvalue weighted by Gasteiger charge is -2.14. The van der Waals surface area contributed by atoms with E-state index in [1.54, 1.807) is 30.3 Å². The predicted octanol–water partition coefficient (Wildman–Crippen LogP) is 6.04. The Kier molecular flexibility index (Phi) is 8.92. The van der Waals surface area contributed by atoms with Crippen molar-refractivity contribution >= 4 is 45.2 Å². The van der Waals surface area contributed by atoms with Gasteiger partial charge in [-0.25, -0.2) is 0 Å². The zero-order valence-corrected chi connectivity index (χ0v) is 20.8. The molecule has 0 atom stereocenters. The van der Waals surface area contributed by atoms with Gasteiger partial charge in [0, 0.05) is 11.4 Å². The number of ether oxygens (including phenoxy) is 2. The highest BCUT2D eigenvalue weighted by Gasteiger charge is 2.30. The van der Waals surface area contributed by atoms with Crippen molar-refractivity contribution in [1.82, 2.24) is 0 Å². The Morgan fingerprint density at radius 2 is 1.73 bits per heavy atom. The number of rotatable bonds is 8. The van der Waals surface area contributed by atoms with E-state index in [9.17, 15) is 28.0 Å². The highest BCUT2D eigenvalue weighted by Crippen LogP contribution is 2.37. The first-order valence-electron chi connectivity index (χ1n) is 10.6. The fourth-order valence-electron chi connectivity index (χ4n) is 3.11. The summed E-state index contributed by atoms with van der Waals surface area (Å²) < 4.78 is 50.1. The molecule has 0 saturated heterocycles. The Morgan fingerprint density at radius 1 is 1.03 bits per heavy atom. The van der Waals surface area contributed by atoms with Crippen LogP contribution in [-0.4, -0.2) is 25.5 Å². The van der Waals surface area contributed by atoms with Gasteiger partial charge >= 0.3 is 6.18 Å². The molecular formula is C26H19BrF3N3O4. The Labute approximate surface area is 218 Å². The van der Waals surface area contributed by atoms with Gasteiger partial charge in [0.05, 0.1) is 17.1 Å². The number of methoxy groups -OCH3 is 1. The number of anilines is 2. The number of nitrogens with zero attached hydrogens (tertiary/aromatic N) is 1. The minimum absolute atomic E-state index is 0.114. The molecule has 0 aliphatic carbocycles. The van der Waals surface area contributed by atoms with E-state index in [1.165, 1.54) is 31.4 Å². The van der Waals surface area contributed by atoms with Crippen LogP contribution in [0.25, 0.3) is 6.08 Å². The lowest BCUT2D eigenvalue weighted by molar-refractivity contribution is -0.137. The number of nitrogens with one attached hydrogen (secondary N) is 2. The van der Waals surface area contributed by atoms with Crippen molar-refractivity contribution < 1.29 is 32.2 Å². The molecule has 2 N–H and O–H groups in total. The van der Waals surface area contributed by atoms with E-state index in [0.29, 0.717) is 15.7 Å². The van der Waals surface area contributed by atoms with Gasteiger partial charge in [-0.05, 0) is 70.0 Å². The van der Waals surface area contributed by atoms with Crippen LogP contribution >= 0.6 is 15.9 Å². The Hall–Kier alpha value is -4.30. The highest BCUT2D eigenvalue weighted by atomic mass is 79.9. The average molecular weight is 574 g/mol. The molecule has 190 valence electrons. The molecule has 7 nitrogen and oxygen atoms in total. The molecule has 0 bridgehead atoms. The standard InChI is InChI=1S/C26H19BrF3N3O4/c1-36-22-12-16(11-21(27)24(22)37-15-23(34)32-19-7-3-2-4-8-19)10-17(14-31)25(35)33-20-9-5-6-18(13-20)26(28,29)30/h2-13H,15H2,1H3,(H,32,34)(H,33,35)/b17-10+. The second-order valence-electron chi connectivity index (χ2n) is 7.44. The number of para-hydroxylation sites is 1. The summed E-state index contributed by atoms with van der Waals surface area (Å²) in [5.41, 5.74) is -0.440. The van der Waals surface area contributed by atoms with Gasteiger partial charge in [0.2, 0.25) is 0 Å². The van der Waals surface area contributed by atoms with Gasteiger partial charge in [-0.2, -0.15) is 18.4 Å². The van der Waals surface area contributed by atoms with E-state index >= 15 is 0 Å². The number of hydrogen-bond acceptors (Lipinski definition) is 5. The van der Waals surface area contributed by atoms with E-state index in [4.69, 9.17) is 9.47 Å². The molecule has 11 heteroatoms. The molecule has 3 aromatic carbocycles. The van der Waals surface area contributed by atoms with Crippen molar-refractivity contribution in [1.29, 1.82) is 5.26 Å². The first kappa shape index (κ1) is 27.3. The van der Waals surface area contributed by atoms with Crippen molar-refractivity contribution in [2.45, 2.75) is 6.18 Å². The summed E-state index contributed by atoms with van der Waals surface area (Å²) in [4.78, 5) is 24.8. The largest absolute Gasteiger partial charge is 0.493 e. The third kappa shape index (κ3) is 7.59. The molecule has 0 radical (unpaired) electrons. The maximum absolute atomic E-state index is 12.9. The number of benzene rings is 3. The molecule has 0 fully saturated rings. The first-order chi connectivity index (χ1) is 17.6. The number of carbonyl (C=O) groups excluding carboxylic acids is 2. The molecule has 37 heavy (non-hydrogen) atoms. The van der Waals surface area contributed by atoms with Crippen molar-refractivity contribution in [2.75, 3.05) is 24.4 Å². The molecule has 0 unspecified atom stereocenters. The van der Waals surface area contributed by atoms with Gasteiger partial charge < -0.3 is 20.1 Å². The molecule has 3 aromatic rings. The molecule has 2 amide bonds. The summed E-state index contributed by atoms with van der Waals surface area (Å²) in [5, 5.41) is 14.4. The number of alkyl halides is 3. The molecule has 0 saturated carbocycles. The quantitative estimate of drug-likeness (QED) is 0.253. The normalized spacial score (nSPS) is 11.3. The van der Waals surface area contributed by atoms with E-state index in [0.717, 1.165) is 18.2 Å². The van der Waals surface area contributed by atoms with Gasteiger partial charge in [-0.15, -0.1) is 0 Å². The smallest absolute Gasteiger partial charge is 0.416 e. The van der Waals surface area contributed by atoms with Gasteiger partial charge in [0.1, 0.15) is 11.6 Å². The monoisotopic (exact) mass is 573 g/mol. The lowest BCUT2D eigenvalue weighted by Crippen LogP contribution is -2.20. The van der Waals surface area contributed by atoms with Crippen LogP contribution in [0, 0.1) is 11.3 Å². The maximum atomic E-state index is 12.9. The van der Waals surface area contributed by atoms with Crippen LogP contribution < -0.4 is 20.1 Å². The number of carbonyl (C=O) groups is 2. The molecule has 3 rings (SSSR count). The Bertz CT molecular complexity index is 1370. The maximum Gasteiger partial charge on any atom is 0.416 e. The van der Waals surface area contributed by atoms with E-state index in [-0.39, 0.29) is 29.4 Å². The topological polar surface area (TPSA) is 100 Å². The number of nitriles is 1. The second kappa shape index (κ2) is 12.1. The van der Waals surface area contributed by atoms with Crippen LogP contribution in [0.2, 0.25) is 0 Å². The first-order valence-corrected chi connectivity index (χ1v) is 11.4. The zero-order chi connectivity index (χ0) is 27.0. The van der Waals surface area contributed by atoms with Crippen LogP contribution in [0.4, 0.5) is 24.5 Å². The van der Waals surface area contributed by atoms with Crippen LogP contribution in [0.3, 0.4) is 0 Å². The zero-order valence-electron chi connectivity index (χ0n) is 19.2. The van der Waals surface area contributed by atoms with Crippen molar-refractivity contribution in [3.63, 3.8) is 0 Å². The van der Waals surface area contributed by atoms with E-state index in [2.05, 4.69) is 26.6 Å². The van der Waals surface area contributed by atoms with E-state index < -0.39 is 23.6 Å². The van der Waals surface area contributed by atoms with Gasteiger partial charge in [-0.1, -0.05) is 24.3 Å². The van der Waals surface area contributed by atoms with Crippen molar-refractivity contribution in [2.24, 2.45) is 0 Å². The number of amides is 2.